The summed E-state index contributed by atoms with van der Waals surface area (Å²) >= 11 is 1.48. The number of aryl methyl sites for hydroxylation is 1. The Kier molecular flexibility index (Phi) is 11.9. The molecule has 0 aromatic heterocycles. The molecule has 1 unspecified atom stereocenters. The van der Waals surface area contributed by atoms with Crippen LogP contribution in [0.3, 0.4) is 0 Å². The van der Waals surface area contributed by atoms with E-state index in [1.54, 1.807) is 12.1 Å². The zero-order valence-electron chi connectivity index (χ0n) is 37.5. The molecule has 15 nitrogen and oxygen atoms in total. The molecular weight excluding hydrogens is 841 g/mol. The smallest absolute Gasteiger partial charge is 0.331 e. The molecule has 7 atom stereocenters. The fourth-order valence-corrected chi connectivity index (χ4v) is 13.0. The molecule has 64 heavy (non-hydrogen) atoms. The third kappa shape index (κ3) is 6.92. The fraction of sp³-hybridized carbons (Fsp3) is 0.542. The molecule has 16 heteroatoms. The van der Waals surface area contributed by atoms with Gasteiger partial charge in [0, 0.05) is 60.0 Å². The number of esters is 3. The molecule has 2 N–H and O–H groups in total. The number of nitrogens with one attached hydrogen (secondary N) is 1. The number of carbonyl (C=O) groups excluding carboxylic acids is 3. The van der Waals surface area contributed by atoms with Gasteiger partial charge in [0.05, 0.1) is 37.6 Å². The minimum Gasteiger partial charge on any atom is -0.504 e. The van der Waals surface area contributed by atoms with E-state index >= 15 is 4.79 Å². The van der Waals surface area contributed by atoms with Gasteiger partial charge in [-0.05, 0) is 74.5 Å². The second-order valence-corrected chi connectivity index (χ2v) is 18.8. The molecule has 10 rings (SSSR count). The molecule has 4 bridgehead atoms. The number of unbranched alkanes of at least 4 members (excludes halogenated alkanes) is 4. The third-order valence-corrected chi connectivity index (χ3v) is 15.6. The number of methoxy groups -OCH3 is 2. The monoisotopic (exact) mass is 896 g/mol. The summed E-state index contributed by atoms with van der Waals surface area (Å²) in [5.41, 5.74) is 4.35. The Bertz CT molecular complexity index is 2450. The number of nitriles is 1. The van der Waals surface area contributed by atoms with Crippen LogP contribution in [-0.2, 0) is 37.5 Å². The average molecular weight is 897 g/mol. The van der Waals surface area contributed by atoms with Crippen LogP contribution in [-0.4, -0.2) is 97.9 Å². The molecular formula is C48H56N4O11S. The van der Waals surface area contributed by atoms with Crippen LogP contribution in [0.15, 0.2) is 18.2 Å². The number of aromatic hydroxyl groups is 1. The Hall–Kier alpha value is -5.21. The van der Waals surface area contributed by atoms with E-state index in [0.29, 0.717) is 81.7 Å². The average Bonchev–Trinajstić information content (AvgIpc) is 3.76. The number of benzene rings is 3. The maximum absolute atomic E-state index is 15.1. The summed E-state index contributed by atoms with van der Waals surface area (Å²) < 4.78 is 42.6. The fourth-order valence-electron chi connectivity index (χ4n) is 11.3. The molecule has 0 saturated carbocycles. The molecule has 7 aliphatic rings. The molecule has 2 saturated heterocycles. The topological polar surface area (TPSA) is 178 Å². The Morgan fingerprint density at radius 3 is 2.50 bits per heavy atom. The van der Waals surface area contributed by atoms with Crippen molar-refractivity contribution >= 4 is 29.7 Å². The van der Waals surface area contributed by atoms with Crippen molar-refractivity contribution in [3.8, 4) is 46.3 Å². The number of phenolic OH excluding ortho intramolecular Hbond substituents is 1. The van der Waals surface area contributed by atoms with Crippen LogP contribution in [0.4, 0.5) is 0 Å². The second kappa shape index (κ2) is 17.3. The summed E-state index contributed by atoms with van der Waals surface area (Å²) in [5, 5.41) is 26.4. The molecule has 7 aliphatic heterocycles. The van der Waals surface area contributed by atoms with Gasteiger partial charge in [-0.1, -0.05) is 38.7 Å². The van der Waals surface area contributed by atoms with E-state index < -0.39 is 46.9 Å². The van der Waals surface area contributed by atoms with Gasteiger partial charge >= 0.3 is 17.9 Å². The number of likely N-dealkylation sites (N-methyl/N-ethyl adjacent to an activating group) is 1. The maximum Gasteiger partial charge on any atom is 0.331 e. The lowest BCUT2D eigenvalue weighted by Crippen LogP contribution is -2.69. The Morgan fingerprint density at radius 2 is 1.77 bits per heavy atom. The molecule has 0 aliphatic carbocycles. The van der Waals surface area contributed by atoms with Gasteiger partial charge in [-0.3, -0.25) is 24.7 Å². The number of ether oxygens (including phenoxy) is 7. The van der Waals surface area contributed by atoms with Crippen molar-refractivity contribution in [1.29, 1.82) is 5.26 Å². The number of hydrogen-bond acceptors (Lipinski definition) is 16. The third-order valence-electron chi connectivity index (χ3n) is 14.1. The predicted octanol–water partition coefficient (Wildman–Crippen LogP) is 6.55. The van der Waals surface area contributed by atoms with E-state index in [2.05, 4.69) is 28.1 Å². The number of fused-ring (bicyclic) bond motifs is 9. The lowest BCUT2D eigenvalue weighted by Gasteiger charge is -2.62. The van der Waals surface area contributed by atoms with Crippen LogP contribution in [0.5, 0.6) is 40.2 Å². The number of carbonyl (C=O) groups is 3. The van der Waals surface area contributed by atoms with Gasteiger partial charge < -0.3 is 38.3 Å². The second-order valence-electron chi connectivity index (χ2n) is 17.7. The van der Waals surface area contributed by atoms with Gasteiger partial charge in [0.2, 0.25) is 6.79 Å². The number of rotatable bonds is 10. The standard InChI is InChI=1S/C48H56N4O11S/c1-8-9-10-11-12-13-35(54)63-34-18-27-14-15-50-48(29(27)19-33(34)57-6)22-64-46-38-37(45-44(60-23-61-45)25(3)43(38)62-26(4)53)32(21-59-47(48)56)52-31(20-49)30-17-28-16-24(2)42(58-7)41(55)36(28)39(40(46)52)51(30)5/h16,18-19,30-32,39-40,46,50,55H,8-15,17,21-23H2,1-7H3/t30-,31-,32-,39+,40?,46+,48+/m0/s1. The molecule has 0 amide bonds. The normalized spacial score (nSPS) is 26.4. The first-order valence-electron chi connectivity index (χ1n) is 22.3. The van der Waals surface area contributed by atoms with E-state index in [1.807, 2.05) is 27.0 Å². The highest BCUT2D eigenvalue weighted by atomic mass is 32.2. The van der Waals surface area contributed by atoms with E-state index in [4.69, 9.17) is 33.2 Å². The molecule has 3 aromatic carbocycles. The molecule has 1 spiro atoms. The van der Waals surface area contributed by atoms with Gasteiger partial charge in [0.1, 0.15) is 18.4 Å². The van der Waals surface area contributed by atoms with E-state index in [1.165, 1.54) is 32.9 Å². The van der Waals surface area contributed by atoms with Crippen LogP contribution in [0.2, 0.25) is 0 Å². The number of phenols is 1. The lowest BCUT2D eigenvalue weighted by molar-refractivity contribution is -0.157. The first-order valence-corrected chi connectivity index (χ1v) is 23.3. The van der Waals surface area contributed by atoms with Crippen molar-refractivity contribution in [3.05, 3.63) is 62.7 Å². The molecule has 3 aromatic rings. The van der Waals surface area contributed by atoms with Crippen molar-refractivity contribution < 1.29 is 52.6 Å². The SMILES string of the molecule is CCCCCCCC(=O)Oc1cc2c(cc1OC)[C@@]1(CS[C@@H]3c4c(OC(C)=O)c(C)c5c(c4[C@H](COC1=O)N1C3[C@H]3c4c(cc(C)c(OC)c4O)C[C@@H]([C@@H]1C#N)N3C)OCO5)NCC2. The first-order chi connectivity index (χ1) is 30.9. The Balaban J connectivity index is 1.21. The number of hydrogen-bond donors (Lipinski definition) is 2. The van der Waals surface area contributed by atoms with Gasteiger partial charge in [0.15, 0.2) is 40.0 Å². The predicted molar refractivity (Wildman–Crippen MR) is 235 cm³/mol. The van der Waals surface area contributed by atoms with Gasteiger partial charge in [-0.15, -0.1) is 11.8 Å². The highest BCUT2D eigenvalue weighted by Crippen LogP contribution is 2.64. The zero-order chi connectivity index (χ0) is 45.2. The summed E-state index contributed by atoms with van der Waals surface area (Å²) in [4.78, 5) is 45.6. The summed E-state index contributed by atoms with van der Waals surface area (Å²) in [6.07, 6.45) is 6.29. The van der Waals surface area contributed by atoms with Crippen molar-refractivity contribution in [1.82, 2.24) is 15.1 Å². The summed E-state index contributed by atoms with van der Waals surface area (Å²) in [6, 6.07) is 5.43. The first kappa shape index (κ1) is 44.0. The van der Waals surface area contributed by atoms with Crippen molar-refractivity contribution in [2.24, 2.45) is 0 Å². The van der Waals surface area contributed by atoms with Crippen LogP contribution in [0, 0.1) is 25.2 Å². The van der Waals surface area contributed by atoms with E-state index in [9.17, 15) is 20.0 Å². The molecule has 7 heterocycles. The number of thioether (sulfide) groups is 1. The van der Waals surface area contributed by atoms with Crippen LogP contribution < -0.4 is 33.7 Å². The summed E-state index contributed by atoms with van der Waals surface area (Å²) in [7, 11) is 5.04. The van der Waals surface area contributed by atoms with E-state index in [0.717, 1.165) is 48.8 Å². The molecule has 340 valence electrons. The van der Waals surface area contributed by atoms with E-state index in [-0.39, 0.29) is 43.3 Å². The minimum atomic E-state index is -1.41. The van der Waals surface area contributed by atoms with Crippen molar-refractivity contribution in [2.75, 3.05) is 47.0 Å². The van der Waals surface area contributed by atoms with Gasteiger partial charge in [-0.2, -0.15) is 5.26 Å². The summed E-state index contributed by atoms with van der Waals surface area (Å²) in [5.74, 6) is 0.961. The lowest BCUT2D eigenvalue weighted by atomic mass is 9.71. The summed E-state index contributed by atoms with van der Waals surface area (Å²) in [6.45, 7) is 7.39. The van der Waals surface area contributed by atoms with Gasteiger partial charge in [-0.25, -0.2) is 4.79 Å². The quantitative estimate of drug-likeness (QED) is 0.127. The van der Waals surface area contributed by atoms with Gasteiger partial charge in [0.25, 0.3) is 0 Å². The highest BCUT2D eigenvalue weighted by Gasteiger charge is 2.62. The maximum atomic E-state index is 15.1. The minimum absolute atomic E-state index is 0.0364. The number of nitrogens with zero attached hydrogens (tertiary/aromatic N) is 3. The zero-order valence-corrected chi connectivity index (χ0v) is 38.3. The molecule has 2 fully saturated rings. The highest BCUT2D eigenvalue weighted by molar-refractivity contribution is 7.99. The van der Waals surface area contributed by atoms with Crippen molar-refractivity contribution in [3.63, 3.8) is 0 Å². The molecule has 0 radical (unpaired) electrons. The largest absolute Gasteiger partial charge is 0.504 e. The van der Waals surface area contributed by atoms with Crippen LogP contribution in [0.1, 0.15) is 114 Å². The Morgan fingerprint density at radius 1 is 0.984 bits per heavy atom. The van der Waals surface area contributed by atoms with Crippen LogP contribution in [0.25, 0.3) is 0 Å². The van der Waals surface area contributed by atoms with Crippen molar-refractivity contribution in [2.45, 2.75) is 120 Å². The van der Waals surface area contributed by atoms with Crippen LogP contribution >= 0.6 is 11.8 Å². The Labute approximate surface area is 377 Å². The number of piperazine rings is 1.